The summed E-state index contributed by atoms with van der Waals surface area (Å²) in [4.78, 5) is 22.5. The van der Waals surface area contributed by atoms with E-state index in [1.54, 1.807) is 7.11 Å². The fourth-order valence-electron chi connectivity index (χ4n) is 5.87. The van der Waals surface area contributed by atoms with E-state index >= 15 is 0 Å². The molecule has 0 radical (unpaired) electrons. The Bertz CT molecular complexity index is 1720. The summed E-state index contributed by atoms with van der Waals surface area (Å²) < 4.78 is 13.3. The van der Waals surface area contributed by atoms with Gasteiger partial charge in [-0.25, -0.2) is 0 Å². The zero-order valence-corrected chi connectivity index (χ0v) is 22.8. The molecule has 3 aromatic heterocycles. The molecule has 2 aliphatic heterocycles. The maximum absolute atomic E-state index is 12.1. The number of pyridine rings is 1. The number of ether oxygens (including phenoxy) is 2. The zero-order valence-electron chi connectivity index (χ0n) is 22.8. The molecule has 7 rings (SSSR count). The van der Waals surface area contributed by atoms with Crippen LogP contribution in [0.5, 0.6) is 11.5 Å². The van der Waals surface area contributed by atoms with E-state index in [2.05, 4.69) is 32.4 Å². The first-order chi connectivity index (χ1) is 20.1. The maximum atomic E-state index is 12.1. The van der Waals surface area contributed by atoms with Gasteiger partial charge in [0.25, 0.3) is 0 Å². The predicted octanol–water partition coefficient (Wildman–Crippen LogP) is 4.41. The van der Waals surface area contributed by atoms with Crippen LogP contribution < -0.4 is 25.4 Å². The second-order valence-corrected chi connectivity index (χ2v) is 10.5. The zero-order chi connectivity index (χ0) is 27.9. The standard InChI is InChI=1S/C31H31N7O3/c1-40-23-7-4-19(5-8-23)17-37-18-21(16-35-37)24-9-6-20(15-34-24)29-30-28-25(36-29)13-22(14-27(28)41-12-10-33-30)38-11-2-3-26(38)31(32)39/h4-9,13-16,18,26,33,36H,2-3,10-12,17H2,1H3,(H2,32,39)/t26-/m0/s1. The first-order valence-electron chi connectivity index (χ1n) is 13.8. The van der Waals surface area contributed by atoms with E-state index < -0.39 is 0 Å². The van der Waals surface area contributed by atoms with Gasteiger partial charge in [-0.2, -0.15) is 5.10 Å². The normalized spacial score (nSPS) is 16.3. The summed E-state index contributed by atoms with van der Waals surface area (Å²) in [7, 11) is 1.66. The second kappa shape index (κ2) is 10.2. The number of aromatic nitrogens is 4. The molecule has 2 aliphatic rings. The van der Waals surface area contributed by atoms with E-state index in [0.717, 1.165) is 81.2 Å². The fourth-order valence-corrected chi connectivity index (χ4v) is 5.87. The quantitative estimate of drug-likeness (QED) is 0.275. The van der Waals surface area contributed by atoms with E-state index in [9.17, 15) is 4.79 Å². The van der Waals surface area contributed by atoms with Gasteiger partial charge in [0.15, 0.2) is 0 Å². The lowest BCUT2D eigenvalue weighted by molar-refractivity contribution is -0.119. The number of hydrogen-bond donors (Lipinski definition) is 3. The van der Waals surface area contributed by atoms with Crippen LogP contribution in [0.2, 0.25) is 0 Å². The summed E-state index contributed by atoms with van der Waals surface area (Å²) in [5.41, 5.74) is 13.4. The van der Waals surface area contributed by atoms with Crippen LogP contribution in [-0.4, -0.2) is 58.5 Å². The molecule has 208 valence electrons. The van der Waals surface area contributed by atoms with E-state index in [0.29, 0.717) is 19.7 Å². The van der Waals surface area contributed by atoms with Crippen molar-refractivity contribution in [1.29, 1.82) is 0 Å². The Hall–Kier alpha value is -4.99. The van der Waals surface area contributed by atoms with Crippen LogP contribution in [0.15, 0.2) is 67.1 Å². The van der Waals surface area contributed by atoms with Crippen molar-refractivity contribution in [2.45, 2.75) is 25.4 Å². The van der Waals surface area contributed by atoms with E-state index in [1.165, 1.54) is 0 Å². The summed E-state index contributed by atoms with van der Waals surface area (Å²) in [6, 6.07) is 15.9. The Balaban J connectivity index is 1.18. The third-order valence-electron chi connectivity index (χ3n) is 7.91. The molecule has 10 nitrogen and oxygen atoms in total. The molecule has 5 heterocycles. The predicted molar refractivity (Wildman–Crippen MR) is 158 cm³/mol. The minimum absolute atomic E-state index is 0.290. The van der Waals surface area contributed by atoms with Gasteiger partial charge in [0.1, 0.15) is 24.1 Å². The van der Waals surface area contributed by atoms with Gasteiger partial charge in [0.2, 0.25) is 5.91 Å². The fraction of sp³-hybridized carbons (Fsp3) is 0.258. The average Bonchev–Trinajstić information content (AvgIpc) is 3.72. The van der Waals surface area contributed by atoms with E-state index in [1.807, 2.05) is 59.7 Å². The number of amides is 1. The molecule has 41 heavy (non-hydrogen) atoms. The van der Waals surface area contributed by atoms with Gasteiger partial charge in [-0.3, -0.25) is 14.5 Å². The second-order valence-electron chi connectivity index (χ2n) is 10.5. The lowest BCUT2D eigenvalue weighted by Crippen LogP contribution is -2.40. The molecule has 0 bridgehead atoms. The Morgan fingerprint density at radius 3 is 2.80 bits per heavy atom. The Labute approximate surface area is 237 Å². The van der Waals surface area contributed by atoms with Crippen LogP contribution in [0.1, 0.15) is 18.4 Å². The molecule has 0 unspecified atom stereocenters. The summed E-state index contributed by atoms with van der Waals surface area (Å²) in [5.74, 6) is 1.34. The minimum atomic E-state index is -0.297. The third-order valence-corrected chi connectivity index (χ3v) is 7.91. The van der Waals surface area contributed by atoms with Crippen molar-refractivity contribution in [3.8, 4) is 34.0 Å². The highest BCUT2D eigenvalue weighted by molar-refractivity contribution is 6.06. The monoisotopic (exact) mass is 549 g/mol. The van der Waals surface area contributed by atoms with E-state index in [-0.39, 0.29) is 11.9 Å². The number of rotatable bonds is 7. The van der Waals surface area contributed by atoms with Crippen molar-refractivity contribution in [3.05, 3.63) is 72.7 Å². The molecule has 1 saturated heterocycles. The summed E-state index contributed by atoms with van der Waals surface area (Å²) in [6.07, 6.45) is 7.43. The number of nitrogens with one attached hydrogen (secondary N) is 2. The summed E-state index contributed by atoms with van der Waals surface area (Å²) in [5, 5.41) is 9.07. The van der Waals surface area contributed by atoms with Crippen LogP contribution in [0, 0.1) is 0 Å². The molecule has 4 N–H and O–H groups in total. The number of nitrogens with two attached hydrogens (primary N) is 1. The number of nitrogens with zero attached hydrogens (tertiary/aromatic N) is 4. The lowest BCUT2D eigenvalue weighted by atomic mass is 10.1. The number of aromatic amines is 1. The van der Waals surface area contributed by atoms with Gasteiger partial charge in [-0.05, 0) is 48.7 Å². The molecular formula is C31H31N7O3. The Kier molecular flexibility index (Phi) is 6.22. The molecule has 10 heteroatoms. The van der Waals surface area contributed by atoms with Crippen LogP contribution in [-0.2, 0) is 11.3 Å². The smallest absolute Gasteiger partial charge is 0.240 e. The Morgan fingerprint density at radius 1 is 1.15 bits per heavy atom. The van der Waals surface area contributed by atoms with E-state index in [4.69, 9.17) is 20.2 Å². The van der Waals surface area contributed by atoms with Crippen molar-refractivity contribution in [3.63, 3.8) is 0 Å². The molecule has 5 aromatic rings. The number of carbonyl (C=O) groups is 1. The maximum Gasteiger partial charge on any atom is 0.240 e. The first-order valence-corrected chi connectivity index (χ1v) is 13.8. The van der Waals surface area contributed by atoms with Gasteiger partial charge in [-0.15, -0.1) is 0 Å². The molecular weight excluding hydrogens is 518 g/mol. The van der Waals surface area contributed by atoms with Gasteiger partial charge < -0.3 is 30.4 Å². The highest BCUT2D eigenvalue weighted by Crippen LogP contribution is 2.44. The van der Waals surface area contributed by atoms with Crippen molar-refractivity contribution >= 4 is 28.2 Å². The number of H-pyrrole nitrogens is 1. The number of primary amides is 1. The van der Waals surface area contributed by atoms with Gasteiger partial charge in [-0.1, -0.05) is 12.1 Å². The number of carbonyl (C=O) groups excluding carboxylic acids is 1. The lowest BCUT2D eigenvalue weighted by Gasteiger charge is -2.25. The van der Waals surface area contributed by atoms with Crippen LogP contribution in [0.4, 0.5) is 11.4 Å². The Morgan fingerprint density at radius 2 is 2.02 bits per heavy atom. The first kappa shape index (κ1) is 25.0. The highest BCUT2D eigenvalue weighted by Gasteiger charge is 2.31. The molecule has 1 atom stereocenters. The molecule has 1 fully saturated rings. The molecule has 0 saturated carbocycles. The summed E-state index contributed by atoms with van der Waals surface area (Å²) in [6.45, 7) is 2.68. The SMILES string of the molecule is COc1ccc(Cn2cc(-c3ccc(-c4[nH]c5cc(N6CCC[C@H]6C(N)=O)cc6c5c4NCCO6)cn3)cn2)cc1. The van der Waals surface area contributed by atoms with Gasteiger partial charge in [0, 0.05) is 48.4 Å². The highest BCUT2D eigenvalue weighted by atomic mass is 16.5. The number of methoxy groups -OCH3 is 1. The van der Waals surface area contributed by atoms with Crippen molar-refractivity contribution in [1.82, 2.24) is 19.7 Å². The van der Waals surface area contributed by atoms with Crippen LogP contribution >= 0.6 is 0 Å². The van der Waals surface area contributed by atoms with Crippen LogP contribution in [0.25, 0.3) is 33.4 Å². The number of anilines is 2. The van der Waals surface area contributed by atoms with Crippen molar-refractivity contribution < 1.29 is 14.3 Å². The largest absolute Gasteiger partial charge is 0.497 e. The van der Waals surface area contributed by atoms with Gasteiger partial charge in [0.05, 0.1) is 47.8 Å². The molecule has 0 aliphatic carbocycles. The number of benzene rings is 2. The van der Waals surface area contributed by atoms with Crippen molar-refractivity contribution in [2.24, 2.45) is 5.73 Å². The van der Waals surface area contributed by atoms with Crippen LogP contribution in [0.3, 0.4) is 0 Å². The molecule has 1 amide bonds. The number of hydrogen-bond acceptors (Lipinski definition) is 7. The van der Waals surface area contributed by atoms with Gasteiger partial charge >= 0.3 is 0 Å². The molecule has 2 aromatic carbocycles. The molecule has 0 spiro atoms. The third kappa shape index (κ3) is 4.61. The average molecular weight is 550 g/mol. The minimum Gasteiger partial charge on any atom is -0.497 e. The van der Waals surface area contributed by atoms with Crippen molar-refractivity contribution in [2.75, 3.05) is 37.0 Å². The summed E-state index contributed by atoms with van der Waals surface area (Å²) >= 11 is 0. The topological polar surface area (TPSA) is 123 Å².